The van der Waals surface area contributed by atoms with Crippen LogP contribution >= 0.6 is 11.6 Å². The van der Waals surface area contributed by atoms with Crippen LogP contribution in [0.25, 0.3) is 0 Å². The lowest BCUT2D eigenvalue weighted by atomic mass is 9.80. The smallest absolute Gasteiger partial charge is 0.253 e. The van der Waals surface area contributed by atoms with Gasteiger partial charge < -0.3 is 10.2 Å². The third-order valence-electron chi connectivity index (χ3n) is 4.92. The van der Waals surface area contributed by atoms with E-state index in [1.54, 1.807) is 29.2 Å². The Morgan fingerprint density at radius 1 is 1.12 bits per heavy atom. The predicted molar refractivity (Wildman–Crippen MR) is 103 cm³/mol. The molecule has 136 valence electrons. The second-order valence-electron chi connectivity index (χ2n) is 7.07. The highest BCUT2D eigenvalue weighted by atomic mass is 35.5. The summed E-state index contributed by atoms with van der Waals surface area (Å²) in [4.78, 5) is 27.3. The fourth-order valence-electron chi connectivity index (χ4n) is 3.36. The molecular weight excluding hydrogens is 348 g/mol. The van der Waals surface area contributed by atoms with Crippen LogP contribution in [0.15, 0.2) is 54.6 Å². The van der Waals surface area contributed by atoms with Gasteiger partial charge in [0.25, 0.3) is 5.91 Å². The van der Waals surface area contributed by atoms with Crippen LogP contribution in [0.2, 0.25) is 5.02 Å². The molecular formula is C21H23ClN2O2. The molecule has 0 spiro atoms. The lowest BCUT2D eigenvalue weighted by Gasteiger charge is -2.39. The molecule has 1 atom stereocenters. The van der Waals surface area contributed by atoms with Crippen molar-refractivity contribution in [3.05, 3.63) is 70.7 Å². The summed E-state index contributed by atoms with van der Waals surface area (Å²) in [5.41, 5.74) is 1.09. The maximum atomic E-state index is 12.8. The topological polar surface area (TPSA) is 49.4 Å². The monoisotopic (exact) mass is 370 g/mol. The number of hydrogen-bond donors (Lipinski definition) is 1. The number of nitrogens with one attached hydrogen (secondary N) is 1. The largest absolute Gasteiger partial charge is 0.351 e. The van der Waals surface area contributed by atoms with Crippen molar-refractivity contribution >= 4 is 23.4 Å². The molecule has 1 aliphatic rings. The van der Waals surface area contributed by atoms with Crippen LogP contribution in [0, 0.1) is 5.41 Å². The van der Waals surface area contributed by atoms with Crippen molar-refractivity contribution in [3.8, 4) is 0 Å². The van der Waals surface area contributed by atoms with Crippen LogP contribution in [0.1, 0.15) is 35.7 Å². The van der Waals surface area contributed by atoms with E-state index in [0.717, 1.165) is 18.4 Å². The fourth-order valence-corrected chi connectivity index (χ4v) is 3.49. The first kappa shape index (κ1) is 18.5. The molecule has 3 rings (SSSR count). The molecule has 2 aromatic rings. The average molecular weight is 371 g/mol. The van der Waals surface area contributed by atoms with Crippen molar-refractivity contribution in [1.29, 1.82) is 0 Å². The second kappa shape index (κ2) is 7.92. The molecule has 0 unspecified atom stereocenters. The molecule has 2 aromatic carbocycles. The molecule has 1 heterocycles. The Morgan fingerprint density at radius 2 is 1.81 bits per heavy atom. The Kier molecular flexibility index (Phi) is 5.62. The molecule has 0 bridgehead atoms. The lowest BCUT2D eigenvalue weighted by Crippen LogP contribution is -2.51. The van der Waals surface area contributed by atoms with Crippen LogP contribution in [-0.4, -0.2) is 29.8 Å². The summed E-state index contributed by atoms with van der Waals surface area (Å²) in [5.74, 6) is -0.0570. The van der Waals surface area contributed by atoms with Gasteiger partial charge >= 0.3 is 0 Å². The molecule has 0 radical (unpaired) electrons. The van der Waals surface area contributed by atoms with E-state index < -0.39 is 5.41 Å². The fraction of sp³-hybridized carbons (Fsp3) is 0.333. The van der Waals surface area contributed by atoms with E-state index in [9.17, 15) is 9.59 Å². The summed E-state index contributed by atoms with van der Waals surface area (Å²) < 4.78 is 0. The zero-order valence-corrected chi connectivity index (χ0v) is 15.6. The number of amides is 2. The highest BCUT2D eigenvalue weighted by Crippen LogP contribution is 2.30. The van der Waals surface area contributed by atoms with Gasteiger partial charge in [-0.1, -0.05) is 41.9 Å². The summed E-state index contributed by atoms with van der Waals surface area (Å²) in [6.07, 6.45) is 1.59. The second-order valence-corrected chi connectivity index (χ2v) is 7.50. The van der Waals surface area contributed by atoms with Gasteiger partial charge in [0.15, 0.2) is 0 Å². The van der Waals surface area contributed by atoms with Gasteiger partial charge in [-0.15, -0.1) is 0 Å². The lowest BCUT2D eigenvalue weighted by molar-refractivity contribution is -0.132. The quantitative estimate of drug-likeness (QED) is 0.887. The molecule has 26 heavy (non-hydrogen) atoms. The van der Waals surface area contributed by atoms with Gasteiger partial charge in [-0.3, -0.25) is 9.59 Å². The van der Waals surface area contributed by atoms with Crippen molar-refractivity contribution in [3.63, 3.8) is 0 Å². The van der Waals surface area contributed by atoms with Crippen molar-refractivity contribution in [2.24, 2.45) is 5.41 Å². The highest BCUT2D eigenvalue weighted by Gasteiger charge is 2.39. The Labute approximate surface area is 159 Å². The summed E-state index contributed by atoms with van der Waals surface area (Å²) in [6, 6.07) is 16.7. The molecule has 5 heteroatoms. The first-order chi connectivity index (χ1) is 12.5. The number of nitrogens with zero attached hydrogens (tertiary/aromatic N) is 1. The normalized spacial score (nSPS) is 19.8. The summed E-state index contributed by atoms with van der Waals surface area (Å²) in [7, 11) is 0. The minimum Gasteiger partial charge on any atom is -0.351 e. The Morgan fingerprint density at radius 3 is 2.50 bits per heavy atom. The van der Waals surface area contributed by atoms with Gasteiger partial charge in [0.1, 0.15) is 0 Å². The molecule has 0 aromatic heterocycles. The third kappa shape index (κ3) is 4.25. The van der Waals surface area contributed by atoms with E-state index in [-0.39, 0.29) is 11.8 Å². The predicted octanol–water partition coefficient (Wildman–Crippen LogP) is 3.90. The van der Waals surface area contributed by atoms with Gasteiger partial charge in [0.2, 0.25) is 5.91 Å². The van der Waals surface area contributed by atoms with Crippen LogP contribution < -0.4 is 5.32 Å². The first-order valence-electron chi connectivity index (χ1n) is 8.85. The molecule has 1 fully saturated rings. The number of piperidine rings is 1. The SMILES string of the molecule is C[C@@]1(C(=O)NCc2ccccc2)CCCN(C(=O)c2ccc(Cl)cc2)C1. The average Bonchev–Trinajstić information content (AvgIpc) is 2.67. The number of carbonyl (C=O) groups excluding carboxylic acids is 2. The molecule has 2 amide bonds. The van der Waals surface area contributed by atoms with Gasteiger partial charge in [0, 0.05) is 30.2 Å². The zero-order valence-electron chi connectivity index (χ0n) is 14.9. The number of benzene rings is 2. The zero-order chi connectivity index (χ0) is 18.6. The summed E-state index contributed by atoms with van der Waals surface area (Å²) >= 11 is 5.90. The number of carbonyl (C=O) groups is 2. The number of halogens is 1. The van der Waals surface area contributed by atoms with E-state index in [1.807, 2.05) is 37.3 Å². The highest BCUT2D eigenvalue weighted by molar-refractivity contribution is 6.30. The minimum absolute atomic E-state index is 0.00467. The molecule has 1 saturated heterocycles. The Hall–Kier alpha value is -2.33. The first-order valence-corrected chi connectivity index (χ1v) is 9.23. The maximum absolute atomic E-state index is 12.8. The van der Waals surface area contributed by atoms with E-state index in [2.05, 4.69) is 5.32 Å². The number of likely N-dealkylation sites (tertiary alicyclic amines) is 1. The Bertz CT molecular complexity index is 776. The van der Waals surface area contributed by atoms with Gasteiger partial charge in [-0.25, -0.2) is 0 Å². The van der Waals surface area contributed by atoms with Crippen molar-refractivity contribution in [2.45, 2.75) is 26.3 Å². The van der Waals surface area contributed by atoms with Crippen LogP contribution in [0.4, 0.5) is 0 Å². The van der Waals surface area contributed by atoms with E-state index in [0.29, 0.717) is 30.2 Å². The van der Waals surface area contributed by atoms with E-state index in [4.69, 9.17) is 11.6 Å². The number of hydrogen-bond acceptors (Lipinski definition) is 2. The Balaban J connectivity index is 1.64. The van der Waals surface area contributed by atoms with Crippen molar-refractivity contribution in [1.82, 2.24) is 10.2 Å². The van der Waals surface area contributed by atoms with Gasteiger partial charge in [-0.05, 0) is 49.6 Å². The maximum Gasteiger partial charge on any atom is 0.253 e. The summed E-state index contributed by atoms with van der Waals surface area (Å²) in [6.45, 7) is 3.53. The standard InChI is InChI=1S/C21H23ClN2O2/c1-21(20(26)23-14-16-6-3-2-4-7-16)12-5-13-24(15-21)19(25)17-8-10-18(22)11-9-17/h2-4,6-11H,5,12-15H2,1H3,(H,23,26)/t21-/m1/s1. The molecule has 0 aliphatic carbocycles. The summed E-state index contributed by atoms with van der Waals surface area (Å²) in [5, 5.41) is 3.62. The van der Waals surface area contributed by atoms with E-state index >= 15 is 0 Å². The van der Waals surface area contributed by atoms with Crippen LogP contribution in [0.5, 0.6) is 0 Å². The van der Waals surface area contributed by atoms with Crippen molar-refractivity contribution < 1.29 is 9.59 Å². The molecule has 1 aliphatic heterocycles. The van der Waals surface area contributed by atoms with Crippen LogP contribution in [-0.2, 0) is 11.3 Å². The molecule has 4 nitrogen and oxygen atoms in total. The molecule has 1 N–H and O–H groups in total. The van der Waals surface area contributed by atoms with Crippen LogP contribution in [0.3, 0.4) is 0 Å². The molecule has 0 saturated carbocycles. The van der Waals surface area contributed by atoms with Crippen molar-refractivity contribution in [2.75, 3.05) is 13.1 Å². The van der Waals surface area contributed by atoms with Gasteiger partial charge in [0.05, 0.1) is 5.41 Å². The number of rotatable bonds is 4. The minimum atomic E-state index is -0.574. The van der Waals surface area contributed by atoms with E-state index in [1.165, 1.54) is 0 Å². The third-order valence-corrected chi connectivity index (χ3v) is 5.17. The van der Waals surface area contributed by atoms with Gasteiger partial charge in [-0.2, -0.15) is 0 Å².